The van der Waals surface area contributed by atoms with Crippen molar-refractivity contribution in [3.05, 3.63) is 35.9 Å². The van der Waals surface area contributed by atoms with Crippen LogP contribution in [0.3, 0.4) is 0 Å². The van der Waals surface area contributed by atoms with E-state index in [4.69, 9.17) is 0 Å². The van der Waals surface area contributed by atoms with Crippen molar-refractivity contribution in [2.24, 2.45) is 0 Å². The minimum Gasteiger partial charge on any atom is -0.292 e. The molecular formula is C17H29NSi. The molecule has 1 aliphatic heterocycles. The molecule has 0 N–H and O–H groups in total. The van der Waals surface area contributed by atoms with Gasteiger partial charge in [-0.2, -0.15) is 0 Å². The predicted octanol–water partition coefficient (Wildman–Crippen LogP) is 4.19. The van der Waals surface area contributed by atoms with Gasteiger partial charge in [0.2, 0.25) is 0 Å². The Balaban J connectivity index is 2.53. The monoisotopic (exact) mass is 275 g/mol. The first-order chi connectivity index (χ1) is 8.89. The molecule has 1 heterocycles. The van der Waals surface area contributed by atoms with Gasteiger partial charge in [0.05, 0.1) is 8.80 Å². The van der Waals surface area contributed by atoms with E-state index in [-0.39, 0.29) is 5.54 Å². The Morgan fingerprint density at radius 2 is 1.68 bits per heavy atom. The molecule has 0 spiro atoms. The van der Waals surface area contributed by atoms with E-state index in [2.05, 4.69) is 69.1 Å². The third kappa shape index (κ3) is 2.66. The molecule has 0 saturated carbocycles. The molecule has 1 aromatic rings. The summed E-state index contributed by atoms with van der Waals surface area (Å²) in [6.07, 6.45) is 4.08. The van der Waals surface area contributed by atoms with Gasteiger partial charge in [0.1, 0.15) is 0 Å². The third-order valence-electron chi connectivity index (χ3n) is 4.71. The molecule has 0 aromatic heterocycles. The normalized spacial score (nSPS) is 25.8. The summed E-state index contributed by atoms with van der Waals surface area (Å²) in [5.41, 5.74) is 1.82. The maximum Gasteiger partial charge on any atom is 0.0605 e. The average Bonchev–Trinajstić information content (AvgIpc) is 2.38. The fourth-order valence-corrected chi connectivity index (χ4v) is 6.67. The van der Waals surface area contributed by atoms with E-state index in [0.29, 0.717) is 5.16 Å². The molecule has 1 aliphatic rings. The number of rotatable bonds is 2. The Morgan fingerprint density at radius 1 is 1.05 bits per heavy atom. The Labute approximate surface area is 120 Å². The largest absolute Gasteiger partial charge is 0.292 e. The molecular weight excluding hydrogens is 246 g/mol. The van der Waals surface area contributed by atoms with Crippen LogP contribution in [0, 0.1) is 0 Å². The van der Waals surface area contributed by atoms with Gasteiger partial charge in [-0.1, -0.05) is 49.8 Å². The molecule has 2 heteroatoms. The van der Waals surface area contributed by atoms with E-state index in [0.717, 1.165) is 0 Å². The van der Waals surface area contributed by atoms with Crippen LogP contribution in [0.4, 0.5) is 0 Å². The highest BCUT2D eigenvalue weighted by atomic mass is 28.3. The van der Waals surface area contributed by atoms with Gasteiger partial charge in [0.15, 0.2) is 0 Å². The van der Waals surface area contributed by atoms with Gasteiger partial charge in [-0.3, -0.25) is 4.90 Å². The van der Waals surface area contributed by atoms with Crippen molar-refractivity contribution in [3.8, 4) is 0 Å². The molecule has 19 heavy (non-hydrogen) atoms. The maximum absolute atomic E-state index is 2.82. The van der Waals surface area contributed by atoms with E-state index < -0.39 is 8.80 Å². The molecule has 1 unspecified atom stereocenters. The van der Waals surface area contributed by atoms with Gasteiger partial charge < -0.3 is 0 Å². The minimum atomic E-state index is -0.846. The Hall–Kier alpha value is -0.603. The number of hydrogen-bond donors (Lipinski definition) is 0. The molecule has 1 saturated heterocycles. The predicted molar refractivity (Wildman–Crippen MR) is 87.3 cm³/mol. The molecule has 0 amide bonds. The lowest BCUT2D eigenvalue weighted by Crippen LogP contribution is -2.62. The van der Waals surface area contributed by atoms with Crippen molar-refractivity contribution in [1.82, 2.24) is 4.90 Å². The van der Waals surface area contributed by atoms with Crippen molar-refractivity contribution in [2.75, 3.05) is 6.54 Å². The standard InChI is InChI=1S/C17H29NSi/c1-16(2,3)18-14-10-9-13-17(18,19(4)5)15-11-7-6-8-12-15/h6-8,11-12,19H,9-10,13-14H2,1-5H3. The second-order valence-corrected chi connectivity index (χ2v) is 10.5. The smallest absolute Gasteiger partial charge is 0.0605 e. The van der Waals surface area contributed by atoms with E-state index >= 15 is 0 Å². The number of piperidine rings is 1. The summed E-state index contributed by atoms with van der Waals surface area (Å²) in [5.74, 6) is 0. The summed E-state index contributed by atoms with van der Waals surface area (Å²) >= 11 is 0. The Bertz CT molecular complexity index is 407. The average molecular weight is 276 g/mol. The quantitative estimate of drug-likeness (QED) is 0.732. The van der Waals surface area contributed by atoms with Crippen LogP contribution in [-0.4, -0.2) is 25.8 Å². The van der Waals surface area contributed by atoms with Gasteiger partial charge in [-0.25, -0.2) is 0 Å². The summed E-state index contributed by atoms with van der Waals surface area (Å²) in [7, 11) is -0.846. The van der Waals surface area contributed by atoms with Gasteiger partial charge >= 0.3 is 0 Å². The lowest BCUT2D eigenvalue weighted by atomic mass is 9.89. The highest BCUT2D eigenvalue weighted by molar-refractivity contribution is 6.59. The topological polar surface area (TPSA) is 3.24 Å². The number of likely N-dealkylation sites (tertiary alicyclic amines) is 1. The second-order valence-electron chi connectivity index (χ2n) is 7.22. The van der Waals surface area contributed by atoms with Gasteiger partial charge in [-0.15, -0.1) is 0 Å². The fourth-order valence-electron chi connectivity index (χ4n) is 3.89. The highest BCUT2D eigenvalue weighted by Crippen LogP contribution is 2.43. The lowest BCUT2D eigenvalue weighted by Gasteiger charge is -2.56. The van der Waals surface area contributed by atoms with Crippen LogP contribution in [-0.2, 0) is 5.16 Å². The fraction of sp³-hybridized carbons (Fsp3) is 0.647. The van der Waals surface area contributed by atoms with Crippen molar-refractivity contribution in [1.29, 1.82) is 0 Å². The molecule has 106 valence electrons. The van der Waals surface area contributed by atoms with Crippen molar-refractivity contribution in [3.63, 3.8) is 0 Å². The number of hydrogen-bond acceptors (Lipinski definition) is 1. The van der Waals surface area contributed by atoms with Crippen LogP contribution >= 0.6 is 0 Å². The zero-order valence-corrected chi connectivity index (χ0v) is 14.4. The SMILES string of the molecule is C[SiH](C)C1(c2ccccc2)CCCCN1C(C)(C)C. The number of nitrogens with zero attached hydrogens (tertiary/aromatic N) is 1. The van der Waals surface area contributed by atoms with E-state index in [1.807, 2.05) is 0 Å². The molecule has 0 bridgehead atoms. The summed E-state index contributed by atoms with van der Waals surface area (Å²) in [4.78, 5) is 2.82. The van der Waals surface area contributed by atoms with Gasteiger partial charge in [-0.05, 0) is 45.7 Å². The number of benzene rings is 1. The van der Waals surface area contributed by atoms with Crippen molar-refractivity contribution < 1.29 is 0 Å². The van der Waals surface area contributed by atoms with E-state index in [9.17, 15) is 0 Å². The first-order valence-corrected chi connectivity index (χ1v) is 10.6. The molecule has 2 rings (SSSR count). The minimum absolute atomic E-state index is 0.257. The summed E-state index contributed by atoms with van der Waals surface area (Å²) in [6.45, 7) is 13.4. The van der Waals surface area contributed by atoms with Crippen LogP contribution < -0.4 is 0 Å². The third-order valence-corrected chi connectivity index (χ3v) is 7.55. The van der Waals surface area contributed by atoms with Gasteiger partial charge in [0, 0.05) is 10.7 Å². The van der Waals surface area contributed by atoms with Crippen LogP contribution in [0.15, 0.2) is 30.3 Å². The zero-order valence-electron chi connectivity index (χ0n) is 13.2. The van der Waals surface area contributed by atoms with E-state index in [1.165, 1.54) is 25.8 Å². The molecule has 1 atom stereocenters. The molecule has 1 nitrogen and oxygen atoms in total. The summed E-state index contributed by atoms with van der Waals surface area (Å²) in [6, 6.07) is 11.3. The maximum atomic E-state index is 2.82. The Morgan fingerprint density at radius 3 is 2.21 bits per heavy atom. The van der Waals surface area contributed by atoms with Crippen molar-refractivity contribution in [2.45, 2.75) is 63.8 Å². The van der Waals surface area contributed by atoms with Crippen LogP contribution in [0.2, 0.25) is 13.1 Å². The van der Waals surface area contributed by atoms with Crippen LogP contribution in [0.25, 0.3) is 0 Å². The molecule has 0 radical (unpaired) electrons. The first kappa shape index (κ1) is 14.8. The van der Waals surface area contributed by atoms with Gasteiger partial charge in [0.25, 0.3) is 0 Å². The van der Waals surface area contributed by atoms with E-state index in [1.54, 1.807) is 5.56 Å². The van der Waals surface area contributed by atoms with Crippen LogP contribution in [0.5, 0.6) is 0 Å². The molecule has 0 aliphatic carbocycles. The summed E-state index contributed by atoms with van der Waals surface area (Å²) < 4.78 is 0. The highest BCUT2D eigenvalue weighted by Gasteiger charge is 2.47. The summed E-state index contributed by atoms with van der Waals surface area (Å²) in [5, 5.41) is 0.345. The molecule has 1 aromatic carbocycles. The van der Waals surface area contributed by atoms with Crippen LogP contribution in [0.1, 0.15) is 45.6 Å². The molecule has 1 fully saturated rings. The Kier molecular flexibility index (Phi) is 4.22. The van der Waals surface area contributed by atoms with Crippen molar-refractivity contribution >= 4 is 8.80 Å². The zero-order chi connectivity index (χ0) is 14.1. The second kappa shape index (κ2) is 5.41. The first-order valence-electron chi connectivity index (χ1n) is 7.72. The lowest BCUT2D eigenvalue weighted by molar-refractivity contribution is 0.0186.